The average Bonchev–Trinajstić information content (AvgIpc) is 2.49. The highest BCUT2D eigenvalue weighted by Crippen LogP contribution is 2.05. The number of nitrogens with zero attached hydrogens (tertiary/aromatic N) is 2. The number of rotatable bonds is 7. The van der Waals surface area contributed by atoms with Crippen molar-refractivity contribution in [3.8, 4) is 0 Å². The number of hydrogen-bond donors (Lipinski definition) is 0. The van der Waals surface area contributed by atoms with Crippen molar-refractivity contribution in [2.45, 2.75) is 33.9 Å². The minimum atomic E-state index is -0.578. The van der Waals surface area contributed by atoms with Gasteiger partial charge < -0.3 is 4.74 Å². The molecule has 0 unspecified atom stereocenters. The van der Waals surface area contributed by atoms with Crippen LogP contribution >= 0.6 is 11.8 Å². The van der Waals surface area contributed by atoms with Crippen LogP contribution in [0.15, 0.2) is 24.4 Å². The van der Waals surface area contributed by atoms with Crippen molar-refractivity contribution in [1.82, 2.24) is 4.90 Å². The number of pyridine rings is 1. The van der Waals surface area contributed by atoms with Gasteiger partial charge in [0.1, 0.15) is 19.7 Å². The van der Waals surface area contributed by atoms with Gasteiger partial charge in [-0.25, -0.2) is 14.3 Å². The van der Waals surface area contributed by atoms with Crippen LogP contribution in [-0.4, -0.2) is 35.0 Å². The highest BCUT2D eigenvalue weighted by atomic mass is 32.2. The molecule has 0 aliphatic carbocycles. The predicted octanol–water partition coefficient (Wildman–Crippen LogP) is 2.23. The molecule has 0 saturated carbocycles. The molecule has 0 aromatic carbocycles. The van der Waals surface area contributed by atoms with E-state index in [0.717, 1.165) is 28.6 Å². The molecule has 0 spiro atoms. The van der Waals surface area contributed by atoms with Crippen LogP contribution in [-0.2, 0) is 22.6 Å². The lowest BCUT2D eigenvalue weighted by molar-refractivity contribution is -0.701. The van der Waals surface area contributed by atoms with E-state index in [1.54, 1.807) is 11.8 Å². The Labute approximate surface area is 130 Å². The number of ether oxygens (including phenoxy) is 1. The van der Waals surface area contributed by atoms with Gasteiger partial charge in [0.25, 0.3) is 0 Å². The maximum Gasteiger partial charge on any atom is 0.417 e. The summed E-state index contributed by atoms with van der Waals surface area (Å²) in [5.74, 6) is 1.41. The summed E-state index contributed by atoms with van der Waals surface area (Å²) in [6, 6.07) is 5.72. The van der Waals surface area contributed by atoms with Crippen LogP contribution < -0.4 is 4.57 Å². The number of imide groups is 1. The second kappa shape index (κ2) is 9.39. The van der Waals surface area contributed by atoms with Crippen LogP contribution in [0.4, 0.5) is 4.79 Å². The number of aromatic nitrogens is 1. The molecule has 2 amide bonds. The lowest BCUT2D eigenvalue weighted by Crippen LogP contribution is -2.43. The van der Waals surface area contributed by atoms with Crippen LogP contribution in [0.1, 0.15) is 26.5 Å². The molecule has 116 valence electrons. The van der Waals surface area contributed by atoms with Gasteiger partial charge in [-0.2, -0.15) is 11.8 Å². The van der Waals surface area contributed by atoms with Gasteiger partial charge in [-0.15, -0.1) is 0 Å². The van der Waals surface area contributed by atoms with Crippen LogP contribution in [0.3, 0.4) is 0 Å². The summed E-state index contributed by atoms with van der Waals surface area (Å²) in [7, 11) is 0. The molecule has 1 aromatic rings. The van der Waals surface area contributed by atoms with Gasteiger partial charge in [0, 0.05) is 24.8 Å². The maximum atomic E-state index is 12.0. The SMILES string of the molecule is CCSCCOC(=O)N(Cc1cccc[n+]1CC)C(C)=O. The van der Waals surface area contributed by atoms with Gasteiger partial charge in [-0.3, -0.25) is 4.79 Å². The third kappa shape index (κ3) is 5.75. The summed E-state index contributed by atoms with van der Waals surface area (Å²) in [6.45, 7) is 6.77. The van der Waals surface area contributed by atoms with E-state index in [2.05, 4.69) is 0 Å². The summed E-state index contributed by atoms with van der Waals surface area (Å²) < 4.78 is 7.15. The highest BCUT2D eigenvalue weighted by Gasteiger charge is 2.23. The molecule has 21 heavy (non-hydrogen) atoms. The largest absolute Gasteiger partial charge is 0.448 e. The first-order valence-electron chi connectivity index (χ1n) is 7.10. The van der Waals surface area contributed by atoms with Crippen molar-refractivity contribution >= 4 is 23.8 Å². The zero-order valence-electron chi connectivity index (χ0n) is 12.9. The Morgan fingerprint density at radius 3 is 2.71 bits per heavy atom. The van der Waals surface area contributed by atoms with E-state index < -0.39 is 6.09 Å². The molecule has 0 radical (unpaired) electrons. The fraction of sp³-hybridized carbons (Fsp3) is 0.533. The zero-order chi connectivity index (χ0) is 15.7. The normalized spacial score (nSPS) is 10.2. The molecule has 5 nitrogen and oxygen atoms in total. The third-order valence-corrected chi connectivity index (χ3v) is 3.82. The van der Waals surface area contributed by atoms with Gasteiger partial charge in [0.15, 0.2) is 6.20 Å². The molecule has 0 aliphatic rings. The molecular formula is C15H23N2O3S+. The number of hydrogen-bond acceptors (Lipinski definition) is 4. The number of carbonyl (C=O) groups is 2. The number of thioether (sulfide) groups is 1. The van der Waals surface area contributed by atoms with E-state index in [1.807, 2.05) is 42.8 Å². The molecule has 0 N–H and O–H groups in total. The van der Waals surface area contributed by atoms with Gasteiger partial charge in [0.2, 0.25) is 11.6 Å². The van der Waals surface area contributed by atoms with E-state index in [9.17, 15) is 9.59 Å². The van der Waals surface area contributed by atoms with Crippen molar-refractivity contribution < 1.29 is 18.9 Å². The molecule has 0 aliphatic heterocycles. The Morgan fingerprint density at radius 1 is 1.33 bits per heavy atom. The Morgan fingerprint density at radius 2 is 2.10 bits per heavy atom. The van der Waals surface area contributed by atoms with Crippen molar-refractivity contribution in [2.75, 3.05) is 18.1 Å². The van der Waals surface area contributed by atoms with Crippen molar-refractivity contribution in [2.24, 2.45) is 0 Å². The summed E-state index contributed by atoms with van der Waals surface area (Å²) in [5, 5.41) is 0. The molecular weight excluding hydrogens is 288 g/mol. The molecule has 6 heteroatoms. The third-order valence-electron chi connectivity index (χ3n) is 2.95. The molecule has 1 aromatic heterocycles. The Bertz CT molecular complexity index is 480. The van der Waals surface area contributed by atoms with Crippen molar-refractivity contribution in [1.29, 1.82) is 0 Å². The minimum Gasteiger partial charge on any atom is -0.448 e. The average molecular weight is 311 g/mol. The second-order valence-corrected chi connectivity index (χ2v) is 5.79. The maximum absolute atomic E-state index is 12.0. The topological polar surface area (TPSA) is 50.5 Å². The quantitative estimate of drug-likeness (QED) is 0.572. The lowest BCUT2D eigenvalue weighted by Gasteiger charge is -2.17. The molecule has 0 fully saturated rings. The van der Waals surface area contributed by atoms with E-state index in [-0.39, 0.29) is 12.5 Å². The van der Waals surface area contributed by atoms with Crippen LogP contribution in [0.2, 0.25) is 0 Å². The molecule has 0 bridgehead atoms. The Hall–Kier alpha value is -1.56. The Balaban J connectivity index is 2.69. The smallest absolute Gasteiger partial charge is 0.417 e. The van der Waals surface area contributed by atoms with Gasteiger partial charge in [-0.1, -0.05) is 13.0 Å². The van der Waals surface area contributed by atoms with Gasteiger partial charge in [0.05, 0.1) is 0 Å². The zero-order valence-corrected chi connectivity index (χ0v) is 13.7. The van der Waals surface area contributed by atoms with E-state index in [4.69, 9.17) is 4.74 Å². The molecule has 0 atom stereocenters. The molecule has 1 rings (SSSR count). The summed E-state index contributed by atoms with van der Waals surface area (Å²) in [6.07, 6.45) is 1.35. The highest BCUT2D eigenvalue weighted by molar-refractivity contribution is 7.99. The first-order chi connectivity index (χ1) is 10.1. The minimum absolute atomic E-state index is 0.226. The van der Waals surface area contributed by atoms with E-state index in [1.165, 1.54) is 6.92 Å². The predicted molar refractivity (Wildman–Crippen MR) is 82.9 cm³/mol. The standard InChI is InChI=1S/C15H23N2O3S/c1-4-16-9-7-6-8-14(16)12-17(13(3)18)15(19)20-10-11-21-5-2/h6-9H,4-5,10-12H2,1-3H3/q+1. The van der Waals surface area contributed by atoms with Crippen LogP contribution in [0, 0.1) is 0 Å². The monoisotopic (exact) mass is 311 g/mol. The molecule has 1 heterocycles. The number of aryl methyl sites for hydroxylation is 1. The van der Waals surface area contributed by atoms with Crippen LogP contribution in [0.25, 0.3) is 0 Å². The Kier molecular flexibility index (Phi) is 7.82. The first-order valence-corrected chi connectivity index (χ1v) is 8.25. The van der Waals surface area contributed by atoms with Crippen molar-refractivity contribution in [3.63, 3.8) is 0 Å². The second-order valence-electron chi connectivity index (χ2n) is 4.39. The molecule has 0 saturated heterocycles. The van der Waals surface area contributed by atoms with Crippen molar-refractivity contribution in [3.05, 3.63) is 30.1 Å². The van der Waals surface area contributed by atoms with Gasteiger partial charge in [-0.05, 0) is 12.7 Å². The number of amides is 2. The summed E-state index contributed by atoms with van der Waals surface area (Å²) in [5.41, 5.74) is 0.898. The van der Waals surface area contributed by atoms with E-state index in [0.29, 0.717) is 6.61 Å². The lowest BCUT2D eigenvalue weighted by atomic mass is 10.3. The van der Waals surface area contributed by atoms with Crippen LogP contribution in [0.5, 0.6) is 0 Å². The summed E-state index contributed by atoms with van der Waals surface area (Å²) in [4.78, 5) is 24.8. The van der Waals surface area contributed by atoms with Gasteiger partial charge >= 0.3 is 6.09 Å². The fourth-order valence-electron chi connectivity index (χ4n) is 1.84. The first kappa shape index (κ1) is 17.5. The number of carbonyl (C=O) groups excluding carboxylic acids is 2. The van der Waals surface area contributed by atoms with E-state index >= 15 is 0 Å². The summed E-state index contributed by atoms with van der Waals surface area (Å²) >= 11 is 1.70. The fourth-order valence-corrected chi connectivity index (χ4v) is 2.33.